The summed E-state index contributed by atoms with van der Waals surface area (Å²) in [6.07, 6.45) is 1.31. The molecule has 0 saturated heterocycles. The van der Waals surface area contributed by atoms with E-state index in [9.17, 15) is 9.59 Å². The van der Waals surface area contributed by atoms with Gasteiger partial charge in [-0.05, 0) is 18.2 Å². The summed E-state index contributed by atoms with van der Waals surface area (Å²) in [5.41, 5.74) is 0.327. The standard InChI is InChI=1S/C12H9N3O2/c13-6-4-11(16)15-10-3-1-2-9-8(10)5-7-14-12(9)17/h1-3,5,7H,4H2,(H,14,17)(H,15,16). The molecule has 2 rings (SSSR count). The number of aromatic amines is 1. The van der Waals surface area contributed by atoms with Crippen LogP contribution in [0.5, 0.6) is 0 Å². The van der Waals surface area contributed by atoms with Crippen LogP contribution >= 0.6 is 0 Å². The number of nitrogens with one attached hydrogen (secondary N) is 2. The number of hydrogen-bond acceptors (Lipinski definition) is 3. The van der Waals surface area contributed by atoms with E-state index in [1.807, 2.05) is 0 Å². The number of carbonyl (C=O) groups excluding carboxylic acids is 1. The molecular formula is C12H9N3O2. The number of rotatable bonds is 2. The van der Waals surface area contributed by atoms with Crippen LogP contribution in [0.1, 0.15) is 6.42 Å². The predicted molar refractivity (Wildman–Crippen MR) is 63.4 cm³/mol. The van der Waals surface area contributed by atoms with E-state index in [4.69, 9.17) is 5.26 Å². The van der Waals surface area contributed by atoms with Crippen molar-refractivity contribution >= 4 is 22.4 Å². The lowest BCUT2D eigenvalue weighted by Crippen LogP contribution is -2.12. The summed E-state index contributed by atoms with van der Waals surface area (Å²) in [6.45, 7) is 0. The molecule has 0 aliphatic carbocycles. The summed E-state index contributed by atoms with van der Waals surface area (Å²) in [7, 11) is 0. The molecular weight excluding hydrogens is 218 g/mol. The molecule has 0 aliphatic rings. The molecule has 5 heteroatoms. The first kappa shape index (κ1) is 10.9. The minimum atomic E-state index is -0.389. The van der Waals surface area contributed by atoms with Gasteiger partial charge in [-0.3, -0.25) is 9.59 Å². The number of nitrogens with zero attached hydrogens (tertiary/aromatic N) is 1. The van der Waals surface area contributed by atoms with Crippen molar-refractivity contribution in [3.05, 3.63) is 40.8 Å². The molecule has 84 valence electrons. The summed E-state index contributed by atoms with van der Waals surface area (Å²) in [4.78, 5) is 25.4. The summed E-state index contributed by atoms with van der Waals surface area (Å²) < 4.78 is 0. The van der Waals surface area contributed by atoms with Crippen molar-refractivity contribution in [1.29, 1.82) is 5.26 Å². The van der Waals surface area contributed by atoms with Gasteiger partial charge in [-0.2, -0.15) is 5.26 Å². The lowest BCUT2D eigenvalue weighted by Gasteiger charge is -2.06. The van der Waals surface area contributed by atoms with Crippen molar-refractivity contribution in [3.8, 4) is 6.07 Å². The maximum absolute atomic E-state index is 11.5. The minimum Gasteiger partial charge on any atom is -0.329 e. The van der Waals surface area contributed by atoms with Gasteiger partial charge in [0.25, 0.3) is 5.56 Å². The van der Waals surface area contributed by atoms with E-state index < -0.39 is 0 Å². The van der Waals surface area contributed by atoms with Crippen molar-refractivity contribution in [2.75, 3.05) is 5.32 Å². The van der Waals surface area contributed by atoms with Crippen molar-refractivity contribution in [2.45, 2.75) is 6.42 Å². The number of hydrogen-bond donors (Lipinski definition) is 2. The number of aromatic nitrogens is 1. The quantitative estimate of drug-likeness (QED) is 0.812. The maximum atomic E-state index is 11.5. The molecule has 2 N–H and O–H groups in total. The Labute approximate surface area is 96.7 Å². The maximum Gasteiger partial charge on any atom is 0.255 e. The van der Waals surface area contributed by atoms with Crippen LogP contribution in [0.2, 0.25) is 0 Å². The zero-order chi connectivity index (χ0) is 12.3. The van der Waals surface area contributed by atoms with Gasteiger partial charge in [0.1, 0.15) is 6.42 Å². The zero-order valence-electron chi connectivity index (χ0n) is 8.86. The smallest absolute Gasteiger partial charge is 0.255 e. The number of fused-ring (bicyclic) bond motifs is 1. The highest BCUT2D eigenvalue weighted by Gasteiger charge is 2.06. The number of H-pyrrole nitrogens is 1. The number of benzene rings is 1. The molecule has 0 aliphatic heterocycles. The Balaban J connectivity index is 2.49. The second-order valence-electron chi connectivity index (χ2n) is 3.46. The Bertz CT molecular complexity index is 667. The van der Waals surface area contributed by atoms with Crippen LogP contribution in [0.15, 0.2) is 35.3 Å². The van der Waals surface area contributed by atoms with Crippen LogP contribution in [0.4, 0.5) is 5.69 Å². The van der Waals surface area contributed by atoms with Gasteiger partial charge in [-0.15, -0.1) is 0 Å². The van der Waals surface area contributed by atoms with E-state index in [2.05, 4.69) is 10.3 Å². The molecule has 0 bridgehead atoms. The van der Waals surface area contributed by atoms with E-state index in [0.717, 1.165) is 0 Å². The highest BCUT2D eigenvalue weighted by Crippen LogP contribution is 2.20. The highest BCUT2D eigenvalue weighted by molar-refractivity contribution is 6.02. The first-order valence-electron chi connectivity index (χ1n) is 4.99. The molecule has 0 radical (unpaired) electrons. The SMILES string of the molecule is N#CCC(=O)Nc1cccc2c(=O)[nH]ccc12. The van der Waals surface area contributed by atoms with Gasteiger partial charge in [0.15, 0.2) is 0 Å². The van der Waals surface area contributed by atoms with Crippen LogP contribution in [-0.4, -0.2) is 10.9 Å². The van der Waals surface area contributed by atoms with Crippen LogP contribution in [0, 0.1) is 11.3 Å². The van der Waals surface area contributed by atoms with Crippen LogP contribution in [0.3, 0.4) is 0 Å². The molecule has 1 aromatic carbocycles. The normalized spacial score (nSPS) is 9.82. The molecule has 0 atom stereocenters. The minimum absolute atomic E-state index is 0.209. The second-order valence-corrected chi connectivity index (χ2v) is 3.46. The van der Waals surface area contributed by atoms with Gasteiger partial charge in [-0.25, -0.2) is 0 Å². The summed E-state index contributed by atoms with van der Waals surface area (Å²) >= 11 is 0. The molecule has 17 heavy (non-hydrogen) atoms. The molecule has 2 aromatic rings. The Morgan fingerprint density at radius 3 is 2.94 bits per heavy atom. The predicted octanol–water partition coefficient (Wildman–Crippen LogP) is 1.38. The molecule has 0 fully saturated rings. The molecule has 1 aromatic heterocycles. The van der Waals surface area contributed by atoms with Gasteiger partial charge < -0.3 is 10.3 Å². The molecule has 0 saturated carbocycles. The van der Waals surface area contributed by atoms with Crippen LogP contribution < -0.4 is 10.9 Å². The van der Waals surface area contributed by atoms with E-state index in [1.165, 1.54) is 6.20 Å². The Morgan fingerprint density at radius 1 is 1.35 bits per heavy atom. The van der Waals surface area contributed by atoms with Gasteiger partial charge in [0.2, 0.25) is 5.91 Å². The van der Waals surface area contributed by atoms with E-state index in [1.54, 1.807) is 30.3 Å². The molecule has 1 heterocycles. The average Bonchev–Trinajstić information content (AvgIpc) is 2.31. The average molecular weight is 227 g/mol. The summed E-state index contributed by atoms with van der Waals surface area (Å²) in [5.74, 6) is -0.389. The third-order valence-electron chi connectivity index (χ3n) is 2.33. The largest absolute Gasteiger partial charge is 0.329 e. The first-order valence-corrected chi connectivity index (χ1v) is 4.99. The van der Waals surface area contributed by atoms with Crippen LogP contribution in [0.25, 0.3) is 10.8 Å². The van der Waals surface area contributed by atoms with Crippen molar-refractivity contribution in [1.82, 2.24) is 4.98 Å². The van der Waals surface area contributed by atoms with E-state index in [-0.39, 0.29) is 17.9 Å². The van der Waals surface area contributed by atoms with E-state index in [0.29, 0.717) is 16.5 Å². The Hall–Kier alpha value is -2.61. The number of anilines is 1. The Morgan fingerprint density at radius 2 is 2.18 bits per heavy atom. The first-order chi connectivity index (χ1) is 8.22. The number of amides is 1. The van der Waals surface area contributed by atoms with Gasteiger partial charge in [0.05, 0.1) is 6.07 Å². The van der Waals surface area contributed by atoms with Crippen molar-refractivity contribution < 1.29 is 4.79 Å². The fourth-order valence-electron chi connectivity index (χ4n) is 1.60. The monoisotopic (exact) mass is 227 g/mol. The highest BCUT2D eigenvalue weighted by atomic mass is 16.1. The van der Waals surface area contributed by atoms with Gasteiger partial charge in [0, 0.05) is 22.7 Å². The number of pyridine rings is 1. The molecule has 5 nitrogen and oxygen atoms in total. The summed E-state index contributed by atoms with van der Waals surface area (Å²) in [5, 5.41) is 12.2. The second kappa shape index (κ2) is 4.49. The van der Waals surface area contributed by atoms with Crippen LogP contribution in [-0.2, 0) is 4.79 Å². The van der Waals surface area contributed by atoms with Crippen molar-refractivity contribution in [3.63, 3.8) is 0 Å². The molecule has 0 spiro atoms. The summed E-state index contributed by atoms with van der Waals surface area (Å²) in [6, 6.07) is 8.52. The fraction of sp³-hybridized carbons (Fsp3) is 0.0833. The lowest BCUT2D eigenvalue weighted by molar-refractivity contribution is -0.115. The number of nitriles is 1. The Kier molecular flexibility index (Phi) is 2.88. The number of carbonyl (C=O) groups is 1. The molecule has 0 unspecified atom stereocenters. The molecule has 1 amide bonds. The zero-order valence-corrected chi connectivity index (χ0v) is 8.86. The van der Waals surface area contributed by atoms with Gasteiger partial charge in [-0.1, -0.05) is 6.07 Å². The lowest BCUT2D eigenvalue weighted by atomic mass is 10.1. The topological polar surface area (TPSA) is 85.8 Å². The van der Waals surface area contributed by atoms with E-state index >= 15 is 0 Å². The third kappa shape index (κ3) is 2.16. The van der Waals surface area contributed by atoms with Crippen molar-refractivity contribution in [2.24, 2.45) is 0 Å². The van der Waals surface area contributed by atoms with Gasteiger partial charge >= 0.3 is 0 Å². The fourth-order valence-corrected chi connectivity index (χ4v) is 1.60. The third-order valence-corrected chi connectivity index (χ3v) is 2.33.